The Bertz CT molecular complexity index is 1320. The van der Waals surface area contributed by atoms with E-state index in [0.717, 1.165) is 22.4 Å². The number of fused-ring (bicyclic) bond motifs is 1. The summed E-state index contributed by atoms with van der Waals surface area (Å²) in [6.45, 7) is 4.05. The van der Waals surface area contributed by atoms with Crippen LogP contribution in [0.3, 0.4) is 0 Å². The number of anilines is 1. The number of aryl methyl sites for hydroxylation is 1. The Hall–Kier alpha value is -3.33. The van der Waals surface area contributed by atoms with Crippen LogP contribution in [-0.2, 0) is 0 Å². The molecule has 0 fully saturated rings. The summed E-state index contributed by atoms with van der Waals surface area (Å²) in [5, 5.41) is 15.0. The normalized spacial score (nSPS) is 17.9. The van der Waals surface area contributed by atoms with E-state index in [0.29, 0.717) is 22.0 Å². The van der Waals surface area contributed by atoms with Crippen LogP contribution in [0.25, 0.3) is 17.1 Å². The lowest BCUT2D eigenvalue weighted by molar-refractivity contribution is 0.0659. The zero-order chi connectivity index (χ0) is 22.4. The number of hydrogen-bond donors (Lipinski definition) is 2. The van der Waals surface area contributed by atoms with Crippen molar-refractivity contribution in [3.8, 4) is 17.1 Å². The zero-order valence-corrected chi connectivity index (χ0v) is 18.4. The van der Waals surface area contributed by atoms with Crippen LogP contribution in [0.15, 0.2) is 54.7 Å². The number of aromatic amines is 1. The monoisotopic (exact) mass is 452 g/mol. The van der Waals surface area contributed by atoms with Crippen LogP contribution >= 0.6 is 12.2 Å². The molecule has 164 valence electrons. The van der Waals surface area contributed by atoms with Crippen molar-refractivity contribution in [2.45, 2.75) is 38.8 Å². The summed E-state index contributed by atoms with van der Waals surface area (Å²) < 4.78 is 31.7. The Kier molecular flexibility index (Phi) is 5.13. The lowest BCUT2D eigenvalue weighted by Gasteiger charge is -2.32. The van der Waals surface area contributed by atoms with Crippen molar-refractivity contribution in [3.05, 3.63) is 76.2 Å². The van der Waals surface area contributed by atoms with Crippen LogP contribution in [0.1, 0.15) is 35.2 Å². The molecule has 6 nitrogen and oxygen atoms in total. The van der Waals surface area contributed by atoms with Crippen LogP contribution in [0.2, 0.25) is 0 Å². The summed E-state index contributed by atoms with van der Waals surface area (Å²) in [4.78, 5) is 0. The third-order valence-electron chi connectivity index (χ3n) is 6.12. The third kappa shape index (κ3) is 3.33. The highest BCUT2D eigenvalue weighted by Crippen LogP contribution is 2.42. The summed E-state index contributed by atoms with van der Waals surface area (Å²) in [5.74, 6) is 1.04. The quantitative estimate of drug-likeness (QED) is 0.386. The molecule has 1 aliphatic rings. The van der Waals surface area contributed by atoms with Gasteiger partial charge in [-0.1, -0.05) is 42.5 Å². The van der Waals surface area contributed by atoms with Crippen molar-refractivity contribution in [2.24, 2.45) is 0 Å². The largest absolute Gasteiger partial charge is 0.363 e. The van der Waals surface area contributed by atoms with Crippen molar-refractivity contribution >= 4 is 18.0 Å². The van der Waals surface area contributed by atoms with Gasteiger partial charge in [0.2, 0.25) is 0 Å². The van der Waals surface area contributed by atoms with E-state index in [9.17, 15) is 8.78 Å². The fourth-order valence-corrected chi connectivity index (χ4v) is 4.51. The van der Waals surface area contributed by atoms with Gasteiger partial charge in [0.1, 0.15) is 11.9 Å². The summed E-state index contributed by atoms with van der Waals surface area (Å²) in [7, 11) is 0. The first-order valence-corrected chi connectivity index (χ1v) is 10.8. The van der Waals surface area contributed by atoms with Gasteiger partial charge in [-0.3, -0.25) is 9.67 Å². The van der Waals surface area contributed by atoms with Crippen LogP contribution in [0.5, 0.6) is 0 Å². The van der Waals surface area contributed by atoms with Crippen molar-refractivity contribution in [3.63, 3.8) is 0 Å². The van der Waals surface area contributed by atoms with E-state index in [2.05, 4.69) is 20.6 Å². The highest BCUT2D eigenvalue weighted by Gasteiger charge is 2.36. The predicted molar refractivity (Wildman–Crippen MR) is 122 cm³/mol. The molecular weight excluding hydrogens is 430 g/mol. The molecule has 0 saturated heterocycles. The molecule has 1 aliphatic heterocycles. The van der Waals surface area contributed by atoms with E-state index < -0.39 is 12.5 Å². The van der Waals surface area contributed by atoms with Gasteiger partial charge in [0.25, 0.3) is 6.43 Å². The van der Waals surface area contributed by atoms with E-state index >= 15 is 0 Å². The van der Waals surface area contributed by atoms with Gasteiger partial charge in [-0.15, -0.1) is 0 Å². The van der Waals surface area contributed by atoms with Gasteiger partial charge >= 0.3 is 0 Å². The molecule has 2 N–H and O–H groups in total. The van der Waals surface area contributed by atoms with E-state index in [1.54, 1.807) is 6.20 Å². The van der Waals surface area contributed by atoms with Gasteiger partial charge in [-0.05, 0) is 55.2 Å². The second kappa shape index (κ2) is 7.98. The fraction of sp³-hybridized carbons (Fsp3) is 0.261. The van der Waals surface area contributed by atoms with E-state index in [4.69, 9.17) is 12.2 Å². The maximum Gasteiger partial charge on any atom is 0.260 e. The smallest absolute Gasteiger partial charge is 0.260 e. The summed E-state index contributed by atoms with van der Waals surface area (Å²) >= 11 is 5.53. The number of nitrogens with zero attached hydrogens (tertiary/aromatic N) is 4. The number of H-pyrrole nitrogens is 1. The number of aromatic nitrogens is 5. The van der Waals surface area contributed by atoms with E-state index in [1.165, 1.54) is 4.68 Å². The fourth-order valence-electron chi connectivity index (χ4n) is 4.28. The molecule has 0 saturated carbocycles. The zero-order valence-electron chi connectivity index (χ0n) is 17.6. The molecule has 3 heterocycles. The van der Waals surface area contributed by atoms with Crippen molar-refractivity contribution in [1.29, 1.82) is 0 Å². The first-order valence-electron chi connectivity index (χ1n) is 10.4. The lowest BCUT2D eigenvalue weighted by atomic mass is 9.97. The second-order valence-corrected chi connectivity index (χ2v) is 8.39. The number of halogens is 2. The maximum atomic E-state index is 14.0. The van der Waals surface area contributed by atoms with Gasteiger partial charge in [0.05, 0.1) is 23.5 Å². The lowest BCUT2D eigenvalue weighted by Crippen LogP contribution is -2.31. The topological polar surface area (TPSA) is 63.5 Å². The number of benzene rings is 2. The first kappa shape index (κ1) is 20.6. The average molecular weight is 453 g/mol. The Labute approximate surface area is 188 Å². The van der Waals surface area contributed by atoms with Gasteiger partial charge < -0.3 is 5.32 Å². The number of alkyl halides is 2. The SMILES string of the molecule is Cc1cccc(-n2c(-c3cnn4c3NC(c3ccccc3)CC4C(F)F)n[nH]c2=S)c1C. The Morgan fingerprint density at radius 3 is 2.62 bits per heavy atom. The minimum absolute atomic E-state index is 0.236. The maximum absolute atomic E-state index is 14.0. The van der Waals surface area contributed by atoms with Gasteiger partial charge in [0, 0.05) is 0 Å². The van der Waals surface area contributed by atoms with E-state index in [-0.39, 0.29) is 12.5 Å². The molecule has 9 heteroatoms. The minimum atomic E-state index is -2.55. The highest BCUT2D eigenvalue weighted by atomic mass is 32.1. The Morgan fingerprint density at radius 2 is 1.88 bits per heavy atom. The molecule has 0 aliphatic carbocycles. The summed E-state index contributed by atoms with van der Waals surface area (Å²) in [6, 6.07) is 14.3. The van der Waals surface area contributed by atoms with Crippen molar-refractivity contribution in [1.82, 2.24) is 24.5 Å². The predicted octanol–water partition coefficient (Wildman–Crippen LogP) is 5.77. The molecule has 2 aromatic heterocycles. The summed E-state index contributed by atoms with van der Waals surface area (Å²) in [5.41, 5.74) is 4.63. The molecule has 2 atom stereocenters. The number of rotatable bonds is 4. The molecule has 5 rings (SSSR count). The second-order valence-electron chi connectivity index (χ2n) is 8.00. The van der Waals surface area contributed by atoms with Crippen molar-refractivity contribution < 1.29 is 8.78 Å². The molecule has 0 bridgehead atoms. The molecular formula is C23H22F2N6S. The van der Waals surface area contributed by atoms with Gasteiger partial charge in [0.15, 0.2) is 10.6 Å². The third-order valence-corrected chi connectivity index (χ3v) is 6.39. The van der Waals surface area contributed by atoms with Crippen LogP contribution in [0, 0.1) is 18.6 Å². The van der Waals surface area contributed by atoms with Crippen LogP contribution in [-0.4, -0.2) is 31.0 Å². The molecule has 0 spiro atoms. The standard InChI is InChI=1S/C23H22F2N6S/c1-13-7-6-10-18(14(13)2)30-22(28-29-23(30)32)16-12-26-31-19(20(24)25)11-17(27-21(16)31)15-8-4-3-5-9-15/h3-10,12,17,19-20,27H,11H2,1-2H3,(H,29,32). The average Bonchev–Trinajstić information content (AvgIpc) is 3.38. The molecule has 32 heavy (non-hydrogen) atoms. The Balaban J connectivity index is 1.66. The Morgan fingerprint density at radius 1 is 1.09 bits per heavy atom. The molecule has 2 unspecified atom stereocenters. The summed E-state index contributed by atoms with van der Waals surface area (Å²) in [6.07, 6.45) is -0.730. The molecule has 2 aromatic carbocycles. The molecule has 0 radical (unpaired) electrons. The molecule has 4 aromatic rings. The first-order chi connectivity index (χ1) is 15.5. The van der Waals surface area contributed by atoms with Crippen LogP contribution in [0.4, 0.5) is 14.6 Å². The van der Waals surface area contributed by atoms with Crippen molar-refractivity contribution in [2.75, 3.05) is 5.32 Å². The minimum Gasteiger partial charge on any atom is -0.363 e. The number of nitrogens with one attached hydrogen (secondary N) is 2. The van der Waals surface area contributed by atoms with E-state index in [1.807, 2.05) is 66.9 Å². The molecule has 0 amide bonds. The van der Waals surface area contributed by atoms with Gasteiger partial charge in [-0.25, -0.2) is 13.5 Å². The van der Waals surface area contributed by atoms with Gasteiger partial charge in [-0.2, -0.15) is 10.2 Å². The number of hydrogen-bond acceptors (Lipinski definition) is 4. The van der Waals surface area contributed by atoms with Crippen LogP contribution < -0.4 is 5.32 Å². The highest BCUT2D eigenvalue weighted by molar-refractivity contribution is 7.71.